The summed E-state index contributed by atoms with van der Waals surface area (Å²) in [4.78, 5) is 0.0131. The summed E-state index contributed by atoms with van der Waals surface area (Å²) in [6, 6.07) is -0.209. The molecule has 8 heteroatoms. The van der Waals surface area contributed by atoms with Gasteiger partial charge in [0.1, 0.15) is 4.90 Å². The third kappa shape index (κ3) is 2.43. The minimum Gasteiger partial charge on any atom is -0.381 e. The van der Waals surface area contributed by atoms with E-state index in [0.717, 1.165) is 0 Å². The predicted octanol–water partition coefficient (Wildman–Crippen LogP) is -0.542. The van der Waals surface area contributed by atoms with Gasteiger partial charge >= 0.3 is 0 Å². The number of nitrogen functional groups attached to an aromatic ring is 1. The number of ether oxygens (including phenoxy) is 1. The van der Waals surface area contributed by atoms with Gasteiger partial charge in [0, 0.05) is 19.9 Å². The third-order valence-electron chi connectivity index (χ3n) is 2.79. The van der Waals surface area contributed by atoms with E-state index >= 15 is 0 Å². The zero-order valence-corrected chi connectivity index (χ0v) is 10.6. The lowest BCUT2D eigenvalue weighted by Crippen LogP contribution is -2.39. The molecule has 7 nitrogen and oxygen atoms in total. The van der Waals surface area contributed by atoms with Crippen molar-refractivity contribution in [1.29, 1.82) is 0 Å². The molecule has 1 saturated heterocycles. The van der Waals surface area contributed by atoms with Crippen molar-refractivity contribution < 1.29 is 13.2 Å². The van der Waals surface area contributed by atoms with E-state index in [1.165, 1.54) is 10.9 Å². The maximum absolute atomic E-state index is 12.1. The Labute approximate surface area is 100.0 Å². The largest absolute Gasteiger partial charge is 0.381 e. The molecule has 3 N–H and O–H groups in total. The molecule has 2 heterocycles. The molecular weight excluding hydrogens is 244 g/mol. The van der Waals surface area contributed by atoms with Crippen LogP contribution in [-0.4, -0.2) is 37.0 Å². The Balaban J connectivity index is 2.22. The molecule has 2 unspecified atom stereocenters. The lowest BCUT2D eigenvalue weighted by atomic mass is 10.2. The van der Waals surface area contributed by atoms with Crippen LogP contribution in [0.25, 0.3) is 0 Å². The summed E-state index contributed by atoms with van der Waals surface area (Å²) < 4.78 is 33.4. The summed E-state index contributed by atoms with van der Waals surface area (Å²) in [7, 11) is -2.00. The smallest absolute Gasteiger partial charge is 0.246 e. The Morgan fingerprint density at radius 3 is 2.82 bits per heavy atom. The molecule has 1 fully saturated rings. The minimum absolute atomic E-state index is 0.00608. The molecule has 2 atom stereocenters. The van der Waals surface area contributed by atoms with E-state index in [0.29, 0.717) is 13.0 Å². The van der Waals surface area contributed by atoms with Gasteiger partial charge in [0.2, 0.25) is 10.0 Å². The van der Waals surface area contributed by atoms with Gasteiger partial charge in [-0.25, -0.2) is 13.1 Å². The van der Waals surface area contributed by atoms with Gasteiger partial charge in [-0.15, -0.1) is 0 Å². The average Bonchev–Trinajstić information content (AvgIpc) is 2.74. The van der Waals surface area contributed by atoms with Crippen LogP contribution in [-0.2, 0) is 21.8 Å². The standard InChI is InChI=1S/C9H16N4O3S/c1-6-7(3-4-16-6)12-17(14,15)8-5-13(2)11-9(8)10/h5-7,12H,3-4H2,1-2H3,(H2,10,11). The fourth-order valence-corrected chi connectivity index (χ4v) is 3.28. The van der Waals surface area contributed by atoms with Gasteiger partial charge < -0.3 is 10.5 Å². The fourth-order valence-electron chi connectivity index (χ4n) is 1.84. The van der Waals surface area contributed by atoms with Gasteiger partial charge in [-0.05, 0) is 13.3 Å². The maximum atomic E-state index is 12.1. The number of nitrogens with zero attached hydrogens (tertiary/aromatic N) is 2. The summed E-state index contributed by atoms with van der Waals surface area (Å²) in [5.41, 5.74) is 5.55. The highest BCUT2D eigenvalue weighted by atomic mass is 32.2. The quantitative estimate of drug-likeness (QED) is 0.760. The zero-order chi connectivity index (χ0) is 12.6. The lowest BCUT2D eigenvalue weighted by Gasteiger charge is -2.15. The van der Waals surface area contributed by atoms with Crippen LogP contribution in [0.15, 0.2) is 11.1 Å². The van der Waals surface area contributed by atoms with Crippen molar-refractivity contribution in [2.24, 2.45) is 7.05 Å². The van der Waals surface area contributed by atoms with Crippen molar-refractivity contribution in [3.63, 3.8) is 0 Å². The van der Waals surface area contributed by atoms with Gasteiger partial charge in [-0.1, -0.05) is 0 Å². The first kappa shape index (κ1) is 12.3. The molecule has 0 aromatic carbocycles. The van der Waals surface area contributed by atoms with Crippen LogP contribution in [0.5, 0.6) is 0 Å². The van der Waals surface area contributed by atoms with Crippen LogP contribution in [0.2, 0.25) is 0 Å². The van der Waals surface area contributed by atoms with Crippen molar-refractivity contribution >= 4 is 15.8 Å². The second-order valence-corrected chi connectivity index (χ2v) is 5.83. The molecule has 0 radical (unpaired) electrons. The summed E-state index contributed by atoms with van der Waals surface area (Å²) in [5.74, 6) is 0.00608. The minimum atomic E-state index is -3.62. The first-order valence-corrected chi connectivity index (χ1v) is 6.81. The molecule has 0 saturated carbocycles. The van der Waals surface area contributed by atoms with Crippen molar-refractivity contribution in [1.82, 2.24) is 14.5 Å². The molecule has 0 spiro atoms. The highest BCUT2D eigenvalue weighted by molar-refractivity contribution is 7.89. The van der Waals surface area contributed by atoms with Crippen LogP contribution in [0.4, 0.5) is 5.82 Å². The lowest BCUT2D eigenvalue weighted by molar-refractivity contribution is 0.117. The Morgan fingerprint density at radius 2 is 2.35 bits per heavy atom. The maximum Gasteiger partial charge on any atom is 0.246 e. The van der Waals surface area contributed by atoms with Crippen molar-refractivity contribution in [2.45, 2.75) is 30.4 Å². The molecule has 17 heavy (non-hydrogen) atoms. The highest BCUT2D eigenvalue weighted by Crippen LogP contribution is 2.19. The molecule has 96 valence electrons. The average molecular weight is 260 g/mol. The second kappa shape index (κ2) is 4.28. The third-order valence-corrected chi connectivity index (χ3v) is 4.30. The number of sulfonamides is 1. The zero-order valence-electron chi connectivity index (χ0n) is 9.75. The molecule has 1 aliphatic rings. The van der Waals surface area contributed by atoms with Crippen LogP contribution in [0, 0.1) is 0 Å². The molecule has 2 rings (SSSR count). The van der Waals surface area contributed by atoms with Crippen LogP contribution in [0.1, 0.15) is 13.3 Å². The number of rotatable bonds is 3. The number of anilines is 1. The van der Waals surface area contributed by atoms with Crippen molar-refractivity contribution in [3.05, 3.63) is 6.20 Å². The van der Waals surface area contributed by atoms with E-state index in [1.54, 1.807) is 7.05 Å². The van der Waals surface area contributed by atoms with Gasteiger partial charge in [0.15, 0.2) is 5.82 Å². The summed E-state index contributed by atoms with van der Waals surface area (Å²) in [6.07, 6.45) is 1.93. The Bertz CT molecular complexity index is 510. The monoisotopic (exact) mass is 260 g/mol. The summed E-state index contributed by atoms with van der Waals surface area (Å²) in [6.45, 7) is 2.41. The summed E-state index contributed by atoms with van der Waals surface area (Å²) >= 11 is 0. The van der Waals surface area contributed by atoms with Gasteiger partial charge in [-0.2, -0.15) is 5.10 Å². The number of nitrogens with two attached hydrogens (primary N) is 1. The second-order valence-electron chi connectivity index (χ2n) is 4.14. The van der Waals surface area contributed by atoms with Crippen LogP contribution in [0.3, 0.4) is 0 Å². The van der Waals surface area contributed by atoms with E-state index in [2.05, 4.69) is 9.82 Å². The molecule has 0 bridgehead atoms. The Morgan fingerprint density at radius 1 is 1.65 bits per heavy atom. The molecule has 0 amide bonds. The van der Waals surface area contributed by atoms with E-state index in [-0.39, 0.29) is 22.9 Å². The first-order valence-electron chi connectivity index (χ1n) is 5.33. The predicted molar refractivity (Wildman–Crippen MR) is 61.8 cm³/mol. The molecule has 1 aliphatic heterocycles. The SMILES string of the molecule is CC1OCCC1NS(=O)(=O)c1cn(C)nc1N. The normalized spacial score (nSPS) is 25.3. The first-order chi connectivity index (χ1) is 7.90. The van der Waals surface area contributed by atoms with Gasteiger partial charge in [-0.3, -0.25) is 4.68 Å². The Hall–Kier alpha value is -1.12. The number of nitrogens with one attached hydrogen (secondary N) is 1. The van der Waals surface area contributed by atoms with Gasteiger partial charge in [0.05, 0.1) is 12.1 Å². The summed E-state index contributed by atoms with van der Waals surface area (Å²) in [5, 5.41) is 3.81. The van der Waals surface area contributed by atoms with Gasteiger partial charge in [0.25, 0.3) is 0 Å². The molecule has 0 aliphatic carbocycles. The number of hydrogen-bond donors (Lipinski definition) is 2. The van der Waals surface area contributed by atoms with E-state index in [4.69, 9.17) is 10.5 Å². The van der Waals surface area contributed by atoms with E-state index in [1.807, 2.05) is 6.92 Å². The molecule has 1 aromatic rings. The van der Waals surface area contributed by atoms with Crippen molar-refractivity contribution in [2.75, 3.05) is 12.3 Å². The van der Waals surface area contributed by atoms with E-state index < -0.39 is 10.0 Å². The van der Waals surface area contributed by atoms with E-state index in [9.17, 15) is 8.42 Å². The topological polar surface area (TPSA) is 99.2 Å². The number of hydrogen-bond acceptors (Lipinski definition) is 5. The number of aromatic nitrogens is 2. The molecular formula is C9H16N4O3S. The highest BCUT2D eigenvalue weighted by Gasteiger charge is 2.30. The fraction of sp³-hybridized carbons (Fsp3) is 0.667. The Kier molecular flexibility index (Phi) is 3.11. The molecule has 1 aromatic heterocycles. The van der Waals surface area contributed by atoms with Crippen LogP contribution >= 0.6 is 0 Å². The van der Waals surface area contributed by atoms with Crippen LogP contribution < -0.4 is 10.5 Å². The number of aryl methyl sites for hydroxylation is 1. The van der Waals surface area contributed by atoms with Crippen molar-refractivity contribution in [3.8, 4) is 0 Å².